The summed E-state index contributed by atoms with van der Waals surface area (Å²) in [7, 11) is -3.92. The summed E-state index contributed by atoms with van der Waals surface area (Å²) < 4.78 is 40.6. The Morgan fingerprint density at radius 2 is 1.63 bits per heavy atom. The second-order valence-electron chi connectivity index (χ2n) is 6.65. The highest BCUT2D eigenvalue weighted by molar-refractivity contribution is 7.89. The zero-order chi connectivity index (χ0) is 19.1. The monoisotopic (exact) mass is 387 g/mol. The van der Waals surface area contributed by atoms with Crippen LogP contribution >= 0.6 is 0 Å². The van der Waals surface area contributed by atoms with E-state index in [-0.39, 0.29) is 23.9 Å². The summed E-state index contributed by atoms with van der Waals surface area (Å²) in [6.45, 7) is 0.311. The van der Waals surface area contributed by atoms with Crippen LogP contribution in [0.3, 0.4) is 0 Å². The van der Waals surface area contributed by atoms with Crippen LogP contribution in [0.4, 0.5) is 4.39 Å². The summed E-state index contributed by atoms with van der Waals surface area (Å²) in [4.78, 5) is 16.6. The van der Waals surface area contributed by atoms with Crippen molar-refractivity contribution in [2.24, 2.45) is 4.99 Å². The third kappa shape index (κ3) is 3.15. The number of hydrogen-bond acceptors (Lipinski definition) is 4. The molecule has 0 bridgehead atoms. The van der Waals surface area contributed by atoms with Gasteiger partial charge in [0.15, 0.2) is 0 Å². The molecule has 1 spiro atoms. The molecule has 0 unspecified atom stereocenters. The Labute approximate surface area is 156 Å². The minimum atomic E-state index is -3.92. The van der Waals surface area contributed by atoms with Gasteiger partial charge in [0.1, 0.15) is 22.1 Å². The summed E-state index contributed by atoms with van der Waals surface area (Å²) in [5.41, 5.74) is 0.290. The number of carbonyl (C=O) groups excluding carboxylic acids is 1. The molecule has 2 aromatic rings. The number of sulfonamides is 1. The van der Waals surface area contributed by atoms with E-state index < -0.39 is 21.5 Å². The minimum absolute atomic E-state index is 0.155. The fourth-order valence-corrected chi connectivity index (χ4v) is 4.99. The van der Waals surface area contributed by atoms with Gasteiger partial charge in [-0.2, -0.15) is 4.31 Å². The molecule has 1 fully saturated rings. The normalized spacial score (nSPS) is 19.7. The maximum absolute atomic E-state index is 13.9. The molecule has 0 atom stereocenters. The Morgan fingerprint density at radius 3 is 2.30 bits per heavy atom. The Morgan fingerprint density at radius 1 is 1.00 bits per heavy atom. The lowest BCUT2D eigenvalue weighted by atomic mass is 10.00. The van der Waals surface area contributed by atoms with Crippen molar-refractivity contribution in [1.82, 2.24) is 9.62 Å². The molecule has 0 radical (unpaired) electrons. The fourth-order valence-electron chi connectivity index (χ4n) is 3.48. The predicted molar refractivity (Wildman–Crippen MR) is 98.2 cm³/mol. The Hall–Kier alpha value is -2.58. The average Bonchev–Trinajstić information content (AvgIpc) is 2.99. The van der Waals surface area contributed by atoms with Gasteiger partial charge in [-0.3, -0.25) is 9.79 Å². The molecule has 2 aliphatic rings. The second kappa shape index (κ2) is 6.54. The summed E-state index contributed by atoms with van der Waals surface area (Å²) in [6.07, 6.45) is 0.672. The number of carbonyl (C=O) groups is 1. The number of rotatable bonds is 3. The first kappa shape index (κ1) is 17.8. The van der Waals surface area contributed by atoms with E-state index in [1.807, 2.05) is 30.3 Å². The van der Waals surface area contributed by atoms with Gasteiger partial charge in [-0.05, 0) is 12.1 Å². The van der Waals surface area contributed by atoms with Crippen molar-refractivity contribution in [2.45, 2.75) is 23.4 Å². The van der Waals surface area contributed by atoms with Crippen LogP contribution in [0.2, 0.25) is 0 Å². The molecule has 27 heavy (non-hydrogen) atoms. The number of benzene rings is 2. The second-order valence-corrected chi connectivity index (χ2v) is 8.55. The van der Waals surface area contributed by atoms with E-state index in [9.17, 15) is 17.6 Å². The van der Waals surface area contributed by atoms with Crippen molar-refractivity contribution < 1.29 is 17.6 Å². The molecule has 0 aliphatic carbocycles. The van der Waals surface area contributed by atoms with Gasteiger partial charge in [-0.1, -0.05) is 42.5 Å². The number of nitrogens with one attached hydrogen (secondary N) is 1. The van der Waals surface area contributed by atoms with Gasteiger partial charge in [-0.25, -0.2) is 12.8 Å². The molecule has 4 rings (SSSR count). The molecule has 0 saturated carbocycles. The number of hydrogen-bond donors (Lipinski definition) is 1. The number of aliphatic imine (C=N–C) groups is 1. The molecular formula is C19H18FN3O3S. The number of amides is 1. The molecule has 1 N–H and O–H groups in total. The van der Waals surface area contributed by atoms with E-state index in [2.05, 4.69) is 10.3 Å². The van der Waals surface area contributed by atoms with Gasteiger partial charge in [0.2, 0.25) is 10.0 Å². The standard InChI is InChI=1S/C19H18FN3O3S/c20-15-8-4-5-9-16(15)27(25,26)23-12-10-19(11-13-23)21-17(18(24)22-19)14-6-2-1-3-7-14/h1-9H,10-13H2,(H,22,24). The molecule has 6 nitrogen and oxygen atoms in total. The summed E-state index contributed by atoms with van der Waals surface area (Å²) in [6, 6.07) is 14.5. The van der Waals surface area contributed by atoms with Gasteiger partial charge in [-0.15, -0.1) is 0 Å². The lowest BCUT2D eigenvalue weighted by molar-refractivity contribution is -0.115. The predicted octanol–water partition coefficient (Wildman–Crippen LogP) is 1.93. The van der Waals surface area contributed by atoms with Crippen molar-refractivity contribution in [2.75, 3.05) is 13.1 Å². The third-order valence-corrected chi connectivity index (χ3v) is 6.87. The first-order valence-electron chi connectivity index (χ1n) is 8.64. The van der Waals surface area contributed by atoms with Gasteiger partial charge < -0.3 is 5.32 Å². The van der Waals surface area contributed by atoms with Crippen LogP contribution in [0.25, 0.3) is 0 Å². The largest absolute Gasteiger partial charge is 0.326 e. The van der Waals surface area contributed by atoms with E-state index in [1.54, 1.807) is 0 Å². The van der Waals surface area contributed by atoms with Gasteiger partial charge >= 0.3 is 0 Å². The highest BCUT2D eigenvalue weighted by atomic mass is 32.2. The quantitative estimate of drug-likeness (QED) is 0.874. The lowest BCUT2D eigenvalue weighted by Gasteiger charge is -2.36. The molecule has 1 amide bonds. The van der Waals surface area contributed by atoms with Gasteiger partial charge in [0.05, 0.1) is 0 Å². The molecule has 8 heteroatoms. The number of halogens is 1. The third-order valence-electron chi connectivity index (χ3n) is 4.94. The fraction of sp³-hybridized carbons (Fsp3) is 0.263. The van der Waals surface area contributed by atoms with Crippen LogP contribution in [0.5, 0.6) is 0 Å². The van der Waals surface area contributed by atoms with E-state index >= 15 is 0 Å². The molecular weight excluding hydrogens is 369 g/mol. The molecule has 140 valence electrons. The molecule has 1 saturated heterocycles. The Bertz CT molecular complexity index is 1010. The van der Waals surface area contributed by atoms with Crippen molar-refractivity contribution in [3.8, 4) is 0 Å². The van der Waals surface area contributed by atoms with Crippen molar-refractivity contribution >= 4 is 21.6 Å². The highest BCUT2D eigenvalue weighted by Gasteiger charge is 2.44. The zero-order valence-corrected chi connectivity index (χ0v) is 15.2. The van der Waals surface area contributed by atoms with Gasteiger partial charge in [0.25, 0.3) is 5.91 Å². The molecule has 2 aromatic carbocycles. The van der Waals surface area contributed by atoms with E-state index in [4.69, 9.17) is 0 Å². The molecule has 2 heterocycles. The van der Waals surface area contributed by atoms with Crippen LogP contribution in [0.1, 0.15) is 18.4 Å². The Kier molecular flexibility index (Phi) is 4.32. The van der Waals surface area contributed by atoms with Crippen molar-refractivity contribution in [1.29, 1.82) is 0 Å². The van der Waals surface area contributed by atoms with E-state index in [1.165, 1.54) is 22.5 Å². The van der Waals surface area contributed by atoms with E-state index in [0.29, 0.717) is 18.6 Å². The zero-order valence-electron chi connectivity index (χ0n) is 14.4. The maximum atomic E-state index is 13.9. The highest BCUT2D eigenvalue weighted by Crippen LogP contribution is 2.31. The van der Waals surface area contributed by atoms with Crippen molar-refractivity contribution in [3.63, 3.8) is 0 Å². The van der Waals surface area contributed by atoms with Gasteiger partial charge in [0, 0.05) is 31.5 Å². The maximum Gasteiger partial charge on any atom is 0.272 e. The minimum Gasteiger partial charge on any atom is -0.326 e. The first-order valence-corrected chi connectivity index (χ1v) is 10.1. The van der Waals surface area contributed by atoms with Crippen LogP contribution in [-0.4, -0.2) is 43.1 Å². The van der Waals surface area contributed by atoms with Crippen LogP contribution in [0, 0.1) is 5.82 Å². The summed E-state index contributed by atoms with van der Waals surface area (Å²) in [5, 5.41) is 2.90. The first-order chi connectivity index (χ1) is 12.9. The smallest absolute Gasteiger partial charge is 0.272 e. The topological polar surface area (TPSA) is 78.8 Å². The van der Waals surface area contributed by atoms with Crippen LogP contribution in [-0.2, 0) is 14.8 Å². The van der Waals surface area contributed by atoms with Crippen LogP contribution < -0.4 is 5.32 Å². The number of nitrogens with zero attached hydrogens (tertiary/aromatic N) is 2. The number of piperidine rings is 1. The average molecular weight is 387 g/mol. The summed E-state index contributed by atoms with van der Waals surface area (Å²) >= 11 is 0. The lowest BCUT2D eigenvalue weighted by Crippen LogP contribution is -2.52. The van der Waals surface area contributed by atoms with Crippen LogP contribution in [0.15, 0.2) is 64.5 Å². The van der Waals surface area contributed by atoms with Crippen molar-refractivity contribution in [3.05, 3.63) is 66.0 Å². The van der Waals surface area contributed by atoms with E-state index in [0.717, 1.165) is 11.6 Å². The summed E-state index contributed by atoms with van der Waals surface area (Å²) in [5.74, 6) is -1.03. The molecule has 2 aliphatic heterocycles. The molecule has 0 aromatic heterocycles. The SMILES string of the molecule is O=C1NC2(CCN(S(=O)(=O)c3ccccc3F)CC2)N=C1c1ccccc1. The Balaban J connectivity index is 1.55.